The highest BCUT2D eigenvalue weighted by atomic mass is 35.5. The number of rotatable bonds is 3. The van der Waals surface area contributed by atoms with Gasteiger partial charge in [-0.15, -0.1) is 0 Å². The number of aliphatic imine (C=N–C) groups is 1. The zero-order valence-electron chi connectivity index (χ0n) is 13.7. The Hall–Kier alpha value is -2.47. The van der Waals surface area contributed by atoms with Crippen LogP contribution < -0.4 is 16.4 Å². The van der Waals surface area contributed by atoms with Crippen LogP contribution in [-0.4, -0.2) is 5.84 Å². The van der Waals surface area contributed by atoms with Gasteiger partial charge in [-0.25, -0.2) is 0 Å². The number of hydrogen-bond donors (Lipinski definition) is 3. The molecule has 0 spiro atoms. The molecule has 2 heterocycles. The van der Waals surface area contributed by atoms with Crippen LogP contribution >= 0.6 is 23.2 Å². The molecule has 4 rings (SSSR count). The zero-order valence-corrected chi connectivity index (χ0v) is 15.2. The minimum absolute atomic E-state index is 0.361. The van der Waals surface area contributed by atoms with E-state index < -0.39 is 5.66 Å². The van der Waals surface area contributed by atoms with Crippen molar-refractivity contribution in [2.24, 2.45) is 10.7 Å². The molecule has 0 bridgehead atoms. The molecule has 0 radical (unpaired) electrons. The summed E-state index contributed by atoms with van der Waals surface area (Å²) >= 11 is 12.3. The molecule has 1 atom stereocenters. The number of nitrogens with zero attached hydrogens (tertiary/aromatic N) is 1. The molecule has 132 valence electrons. The van der Waals surface area contributed by atoms with Gasteiger partial charge in [-0.1, -0.05) is 41.4 Å². The van der Waals surface area contributed by atoms with Crippen LogP contribution in [0.15, 0.2) is 70.3 Å². The number of hydrogen-bond acceptors (Lipinski definition) is 4. The molecule has 1 aliphatic heterocycles. The molecular weight excluding hydrogens is 371 g/mol. The Labute approximate surface area is 160 Å². The van der Waals surface area contributed by atoms with Gasteiger partial charge in [0.15, 0.2) is 5.66 Å². The van der Waals surface area contributed by atoms with Crippen LogP contribution in [-0.2, 0) is 12.2 Å². The molecule has 1 unspecified atom stereocenters. The fourth-order valence-corrected chi connectivity index (χ4v) is 3.17. The van der Waals surface area contributed by atoms with Crippen LogP contribution in [0.4, 0.5) is 11.4 Å². The summed E-state index contributed by atoms with van der Waals surface area (Å²) in [5.41, 5.74) is 8.18. The molecule has 2 aromatic carbocycles. The number of furan rings is 1. The van der Waals surface area contributed by atoms with E-state index in [1.165, 1.54) is 0 Å². The molecular formula is C19H16Cl2N4O. The van der Waals surface area contributed by atoms with Gasteiger partial charge in [0.05, 0.1) is 34.2 Å². The van der Waals surface area contributed by atoms with Crippen LogP contribution in [0.3, 0.4) is 0 Å². The number of para-hydroxylation sites is 2. The first-order valence-electron chi connectivity index (χ1n) is 8.02. The first-order valence-corrected chi connectivity index (χ1v) is 8.78. The minimum atomic E-state index is -1.09. The fourth-order valence-electron chi connectivity index (χ4n) is 2.87. The smallest absolute Gasteiger partial charge is 0.172 e. The van der Waals surface area contributed by atoms with Gasteiger partial charge in [-0.05, 0) is 36.4 Å². The molecule has 1 aliphatic rings. The molecule has 0 fully saturated rings. The fraction of sp³-hybridized carbons (Fsp3) is 0.105. The lowest BCUT2D eigenvalue weighted by Crippen LogP contribution is -2.56. The number of halogens is 2. The number of benzene rings is 2. The van der Waals surface area contributed by atoms with Crippen molar-refractivity contribution < 1.29 is 4.42 Å². The first-order chi connectivity index (χ1) is 12.6. The van der Waals surface area contributed by atoms with Crippen molar-refractivity contribution in [2.45, 2.75) is 12.2 Å². The monoisotopic (exact) mass is 386 g/mol. The molecule has 0 saturated heterocycles. The van der Waals surface area contributed by atoms with E-state index in [2.05, 4.69) is 15.6 Å². The second kappa shape index (κ2) is 6.68. The highest BCUT2D eigenvalue weighted by molar-refractivity contribution is 6.42. The third kappa shape index (κ3) is 3.05. The molecule has 7 heteroatoms. The van der Waals surface area contributed by atoms with Crippen molar-refractivity contribution in [3.05, 3.63) is 82.2 Å². The maximum Gasteiger partial charge on any atom is 0.172 e. The number of fused-ring (bicyclic) bond motifs is 1. The molecule has 3 aromatic rings. The lowest BCUT2D eigenvalue weighted by Gasteiger charge is -2.39. The van der Waals surface area contributed by atoms with Crippen LogP contribution in [0.25, 0.3) is 0 Å². The summed E-state index contributed by atoms with van der Waals surface area (Å²) in [6.45, 7) is 0.361. The van der Waals surface area contributed by atoms with Crippen LogP contribution in [0.5, 0.6) is 0 Å². The van der Waals surface area contributed by atoms with E-state index in [9.17, 15) is 0 Å². The topological polar surface area (TPSA) is 75.6 Å². The van der Waals surface area contributed by atoms with E-state index in [-0.39, 0.29) is 0 Å². The predicted octanol–water partition coefficient (Wildman–Crippen LogP) is 4.83. The first kappa shape index (κ1) is 17.0. The Morgan fingerprint density at radius 1 is 1.00 bits per heavy atom. The Morgan fingerprint density at radius 2 is 1.81 bits per heavy atom. The summed E-state index contributed by atoms with van der Waals surface area (Å²) in [6.07, 6.45) is 1.62. The van der Waals surface area contributed by atoms with E-state index in [1.54, 1.807) is 18.4 Å². The minimum Gasteiger partial charge on any atom is -0.467 e. The van der Waals surface area contributed by atoms with Gasteiger partial charge in [0.25, 0.3) is 0 Å². The van der Waals surface area contributed by atoms with E-state index in [0.717, 1.165) is 22.7 Å². The Bertz CT molecular complexity index is 971. The lowest BCUT2D eigenvalue weighted by atomic mass is 9.95. The highest BCUT2D eigenvalue weighted by Crippen LogP contribution is 2.36. The van der Waals surface area contributed by atoms with Crippen LogP contribution in [0.2, 0.25) is 10.0 Å². The molecule has 5 nitrogen and oxygen atoms in total. The van der Waals surface area contributed by atoms with E-state index in [1.807, 2.05) is 42.5 Å². The molecule has 26 heavy (non-hydrogen) atoms. The van der Waals surface area contributed by atoms with Gasteiger partial charge >= 0.3 is 0 Å². The van der Waals surface area contributed by atoms with Crippen molar-refractivity contribution in [2.75, 3.05) is 10.6 Å². The maximum atomic E-state index is 6.76. The van der Waals surface area contributed by atoms with Crippen LogP contribution in [0, 0.1) is 0 Å². The van der Waals surface area contributed by atoms with E-state index >= 15 is 0 Å². The number of anilines is 2. The third-order valence-electron chi connectivity index (χ3n) is 4.23. The maximum absolute atomic E-state index is 6.76. The van der Waals surface area contributed by atoms with Crippen molar-refractivity contribution in [1.29, 1.82) is 0 Å². The quantitative estimate of drug-likeness (QED) is 0.602. The summed E-state index contributed by atoms with van der Waals surface area (Å²) in [5.74, 6) is 1.31. The van der Waals surface area contributed by atoms with Gasteiger partial charge in [0, 0.05) is 5.56 Å². The Kier molecular flexibility index (Phi) is 4.36. The molecule has 0 aliphatic carbocycles. The Morgan fingerprint density at radius 3 is 2.54 bits per heavy atom. The second-order valence-electron chi connectivity index (χ2n) is 5.98. The van der Waals surface area contributed by atoms with Gasteiger partial charge < -0.3 is 15.1 Å². The van der Waals surface area contributed by atoms with Gasteiger partial charge in [0.1, 0.15) is 11.6 Å². The second-order valence-corrected chi connectivity index (χ2v) is 6.79. The lowest BCUT2D eigenvalue weighted by molar-refractivity contribution is 0.511. The average Bonchev–Trinajstić information content (AvgIpc) is 3.15. The summed E-state index contributed by atoms with van der Waals surface area (Å²) < 4.78 is 5.37. The highest BCUT2D eigenvalue weighted by Gasteiger charge is 2.38. The molecule has 1 aromatic heterocycles. The zero-order chi connectivity index (χ0) is 18.1. The van der Waals surface area contributed by atoms with Crippen molar-refractivity contribution >= 4 is 40.4 Å². The standard InChI is InChI=1S/C19H16Cl2N4O/c20-14-8-7-12(10-15(14)21)19(22)18(23-11-13-4-3-9-26-13)24-16-5-1-2-6-17(16)25-19/h1-10,25H,11,22H2,(H,23,24). The normalized spacial score (nSPS) is 20.3. The SMILES string of the molecule is NC1(c2ccc(Cl)c(Cl)c2)Nc2ccccc2NC1=NCc1ccco1. The van der Waals surface area contributed by atoms with Gasteiger partial charge in [-0.2, -0.15) is 0 Å². The van der Waals surface area contributed by atoms with E-state index in [0.29, 0.717) is 22.4 Å². The van der Waals surface area contributed by atoms with E-state index in [4.69, 9.17) is 33.4 Å². The van der Waals surface area contributed by atoms with Crippen LogP contribution in [0.1, 0.15) is 11.3 Å². The van der Waals surface area contributed by atoms with Gasteiger partial charge in [0.2, 0.25) is 0 Å². The third-order valence-corrected chi connectivity index (χ3v) is 4.97. The molecule has 0 amide bonds. The average molecular weight is 387 g/mol. The van der Waals surface area contributed by atoms with Crippen molar-refractivity contribution in [3.63, 3.8) is 0 Å². The Balaban J connectivity index is 1.79. The molecule has 4 N–H and O–H groups in total. The van der Waals surface area contributed by atoms with Crippen molar-refractivity contribution in [1.82, 2.24) is 0 Å². The summed E-state index contributed by atoms with van der Waals surface area (Å²) in [5, 5.41) is 7.60. The summed E-state index contributed by atoms with van der Waals surface area (Å²) in [7, 11) is 0. The number of nitrogens with two attached hydrogens (primary N) is 1. The summed E-state index contributed by atoms with van der Waals surface area (Å²) in [6, 6.07) is 16.8. The summed E-state index contributed by atoms with van der Waals surface area (Å²) in [4.78, 5) is 4.65. The number of nitrogens with one attached hydrogen (secondary N) is 2. The largest absolute Gasteiger partial charge is 0.467 e. The predicted molar refractivity (Wildman–Crippen MR) is 106 cm³/mol. The van der Waals surface area contributed by atoms with Crippen molar-refractivity contribution in [3.8, 4) is 0 Å². The number of amidine groups is 1. The molecule has 0 saturated carbocycles. The van der Waals surface area contributed by atoms with Gasteiger partial charge in [-0.3, -0.25) is 10.7 Å².